The molecule has 2 saturated carbocycles. The molecule has 0 aromatic carbocycles. The molecular weight excluding hydrogens is 186 g/mol. The third-order valence-corrected chi connectivity index (χ3v) is 5.38. The second kappa shape index (κ2) is 3.46. The van der Waals surface area contributed by atoms with Gasteiger partial charge in [0.1, 0.15) is 0 Å². The molecule has 0 radical (unpaired) electrons. The average molecular weight is 211 g/mol. The molecule has 0 aromatic heterocycles. The van der Waals surface area contributed by atoms with Crippen LogP contribution in [0.4, 0.5) is 0 Å². The van der Waals surface area contributed by atoms with Crippen LogP contribution in [0.2, 0.25) is 0 Å². The van der Waals surface area contributed by atoms with E-state index in [-0.39, 0.29) is 6.10 Å². The normalized spacial score (nSPS) is 38.2. The predicted octanol–water partition coefficient (Wildman–Crippen LogP) is 2.17. The van der Waals surface area contributed by atoms with Crippen LogP contribution in [-0.4, -0.2) is 23.8 Å². The standard InChI is InChI=1S/C13H25NO/c1-12(2)11(13(12,3)4)8-14-9-6-5-7-10(9)15/h9-11,14-15H,5-8H2,1-4H3/t9-,10-/m0/s1. The molecule has 2 nitrogen and oxygen atoms in total. The summed E-state index contributed by atoms with van der Waals surface area (Å²) in [5.41, 5.74) is 0.924. The molecular formula is C13H25NO. The van der Waals surface area contributed by atoms with E-state index < -0.39 is 0 Å². The zero-order chi connectivity index (χ0) is 11.3. The Bertz CT molecular complexity index is 233. The topological polar surface area (TPSA) is 32.3 Å². The van der Waals surface area contributed by atoms with Crippen molar-refractivity contribution in [3.05, 3.63) is 0 Å². The molecule has 2 rings (SSSR count). The first kappa shape index (κ1) is 11.4. The average Bonchev–Trinajstić information content (AvgIpc) is 2.49. The van der Waals surface area contributed by atoms with Crippen molar-refractivity contribution >= 4 is 0 Å². The molecule has 2 atom stereocenters. The van der Waals surface area contributed by atoms with Gasteiger partial charge in [-0.25, -0.2) is 0 Å². The highest BCUT2D eigenvalue weighted by Crippen LogP contribution is 2.67. The minimum Gasteiger partial charge on any atom is -0.392 e. The van der Waals surface area contributed by atoms with Crippen molar-refractivity contribution in [1.82, 2.24) is 5.32 Å². The second-order valence-corrected chi connectivity index (χ2v) is 6.51. The van der Waals surface area contributed by atoms with E-state index in [1.807, 2.05) is 0 Å². The van der Waals surface area contributed by atoms with E-state index in [1.165, 1.54) is 6.42 Å². The van der Waals surface area contributed by atoms with E-state index in [2.05, 4.69) is 33.0 Å². The third kappa shape index (κ3) is 1.72. The Hall–Kier alpha value is -0.0800. The van der Waals surface area contributed by atoms with Crippen LogP contribution in [0.3, 0.4) is 0 Å². The molecule has 2 fully saturated rings. The highest BCUT2D eigenvalue weighted by Gasteiger charge is 2.64. The summed E-state index contributed by atoms with van der Waals surface area (Å²) in [6.07, 6.45) is 3.20. The van der Waals surface area contributed by atoms with E-state index in [9.17, 15) is 5.11 Å². The lowest BCUT2D eigenvalue weighted by Crippen LogP contribution is -2.37. The molecule has 0 aliphatic heterocycles. The zero-order valence-electron chi connectivity index (χ0n) is 10.5. The summed E-state index contributed by atoms with van der Waals surface area (Å²) in [5.74, 6) is 0.762. The minimum absolute atomic E-state index is 0.102. The summed E-state index contributed by atoms with van der Waals surface area (Å²) in [6.45, 7) is 10.5. The fourth-order valence-corrected chi connectivity index (χ4v) is 3.29. The second-order valence-electron chi connectivity index (χ2n) is 6.51. The van der Waals surface area contributed by atoms with Gasteiger partial charge in [0.05, 0.1) is 6.10 Å². The number of hydrogen-bond donors (Lipinski definition) is 2. The molecule has 0 aromatic rings. The highest BCUT2D eigenvalue weighted by atomic mass is 16.3. The summed E-state index contributed by atoms with van der Waals surface area (Å²) in [6, 6.07) is 0.359. The SMILES string of the molecule is CC1(C)C(CN[C@H]2CCC[C@@H]2O)C1(C)C. The molecule has 88 valence electrons. The van der Waals surface area contributed by atoms with Gasteiger partial charge < -0.3 is 10.4 Å². The first-order valence-corrected chi connectivity index (χ1v) is 6.29. The molecule has 0 spiro atoms. The molecule has 0 heterocycles. The monoisotopic (exact) mass is 211 g/mol. The van der Waals surface area contributed by atoms with Gasteiger partial charge in [0.15, 0.2) is 0 Å². The Morgan fingerprint density at radius 1 is 1.13 bits per heavy atom. The lowest BCUT2D eigenvalue weighted by molar-refractivity contribution is 0.148. The van der Waals surface area contributed by atoms with Crippen molar-refractivity contribution in [3.8, 4) is 0 Å². The first-order valence-electron chi connectivity index (χ1n) is 6.29. The number of aliphatic hydroxyl groups excluding tert-OH is 1. The third-order valence-electron chi connectivity index (χ3n) is 5.38. The maximum atomic E-state index is 9.72. The molecule has 2 N–H and O–H groups in total. The van der Waals surface area contributed by atoms with Gasteiger partial charge in [-0.05, 0) is 42.6 Å². The van der Waals surface area contributed by atoms with E-state index in [0.717, 1.165) is 25.3 Å². The van der Waals surface area contributed by atoms with E-state index in [0.29, 0.717) is 16.9 Å². The maximum absolute atomic E-state index is 9.72. The number of nitrogens with one attached hydrogen (secondary N) is 1. The molecule has 0 saturated heterocycles. The minimum atomic E-state index is -0.102. The molecule has 2 heteroatoms. The fraction of sp³-hybridized carbons (Fsp3) is 1.00. The Balaban J connectivity index is 1.81. The zero-order valence-corrected chi connectivity index (χ0v) is 10.5. The van der Waals surface area contributed by atoms with Crippen LogP contribution in [0, 0.1) is 16.7 Å². The summed E-state index contributed by atoms with van der Waals surface area (Å²) in [7, 11) is 0. The van der Waals surface area contributed by atoms with E-state index >= 15 is 0 Å². The first-order chi connectivity index (χ1) is 6.87. The predicted molar refractivity (Wildman–Crippen MR) is 62.7 cm³/mol. The summed E-state index contributed by atoms with van der Waals surface area (Å²) in [4.78, 5) is 0. The van der Waals surface area contributed by atoms with Crippen LogP contribution in [0.5, 0.6) is 0 Å². The van der Waals surface area contributed by atoms with Crippen LogP contribution in [0.1, 0.15) is 47.0 Å². The Kier molecular flexibility index (Phi) is 2.63. The quantitative estimate of drug-likeness (QED) is 0.750. The van der Waals surface area contributed by atoms with Crippen molar-refractivity contribution in [2.45, 2.75) is 59.1 Å². The summed E-state index contributed by atoms with van der Waals surface area (Å²) < 4.78 is 0. The molecule has 0 bridgehead atoms. The van der Waals surface area contributed by atoms with Crippen LogP contribution < -0.4 is 5.32 Å². The van der Waals surface area contributed by atoms with Gasteiger partial charge in [-0.15, -0.1) is 0 Å². The van der Waals surface area contributed by atoms with E-state index in [1.54, 1.807) is 0 Å². The van der Waals surface area contributed by atoms with Gasteiger partial charge >= 0.3 is 0 Å². The molecule has 0 unspecified atom stereocenters. The molecule has 2 aliphatic carbocycles. The van der Waals surface area contributed by atoms with Crippen molar-refractivity contribution in [1.29, 1.82) is 0 Å². The maximum Gasteiger partial charge on any atom is 0.0693 e. The van der Waals surface area contributed by atoms with Gasteiger partial charge in [-0.3, -0.25) is 0 Å². The Labute approximate surface area is 93.5 Å². The number of rotatable bonds is 3. The van der Waals surface area contributed by atoms with Gasteiger partial charge in [0, 0.05) is 6.04 Å². The Morgan fingerprint density at radius 3 is 2.13 bits per heavy atom. The van der Waals surface area contributed by atoms with Gasteiger partial charge in [0.25, 0.3) is 0 Å². The van der Waals surface area contributed by atoms with Gasteiger partial charge in [0.2, 0.25) is 0 Å². The largest absolute Gasteiger partial charge is 0.392 e. The van der Waals surface area contributed by atoms with Crippen molar-refractivity contribution in [3.63, 3.8) is 0 Å². The number of aliphatic hydroxyl groups is 1. The van der Waals surface area contributed by atoms with E-state index in [4.69, 9.17) is 0 Å². The van der Waals surface area contributed by atoms with Crippen molar-refractivity contribution in [2.75, 3.05) is 6.54 Å². The number of hydrogen-bond acceptors (Lipinski definition) is 2. The van der Waals surface area contributed by atoms with Gasteiger partial charge in [-0.1, -0.05) is 27.7 Å². The summed E-state index contributed by atoms with van der Waals surface area (Å²) in [5, 5.41) is 13.3. The van der Waals surface area contributed by atoms with Crippen LogP contribution in [0.25, 0.3) is 0 Å². The smallest absolute Gasteiger partial charge is 0.0693 e. The van der Waals surface area contributed by atoms with Crippen molar-refractivity contribution in [2.24, 2.45) is 16.7 Å². The molecule has 15 heavy (non-hydrogen) atoms. The van der Waals surface area contributed by atoms with Crippen molar-refractivity contribution < 1.29 is 5.11 Å². The lowest BCUT2D eigenvalue weighted by Gasteiger charge is -2.17. The lowest BCUT2D eigenvalue weighted by atomic mass is 10.0. The van der Waals surface area contributed by atoms with Crippen LogP contribution >= 0.6 is 0 Å². The van der Waals surface area contributed by atoms with Crippen LogP contribution in [0.15, 0.2) is 0 Å². The fourth-order valence-electron chi connectivity index (χ4n) is 3.29. The van der Waals surface area contributed by atoms with Gasteiger partial charge in [-0.2, -0.15) is 0 Å². The summed E-state index contributed by atoms with van der Waals surface area (Å²) >= 11 is 0. The Morgan fingerprint density at radius 2 is 1.73 bits per heavy atom. The van der Waals surface area contributed by atoms with Crippen LogP contribution in [-0.2, 0) is 0 Å². The molecule has 0 amide bonds. The highest BCUT2D eigenvalue weighted by molar-refractivity contribution is 5.13. The molecule has 2 aliphatic rings.